The standard InChI is InChI=1S/C20H30N4O2S.HI/c1-4-26-13-5-11-21-20(22-12-10-19-23-14-16(2)27-19)24-15-17-6-8-18(25-3)9-7-17;/h6-9,14H,4-5,10-13,15H2,1-3H3,(H2,21,22,24);1H. The second-order valence-electron chi connectivity index (χ2n) is 6.03. The molecule has 6 nitrogen and oxygen atoms in total. The lowest BCUT2D eigenvalue weighted by Gasteiger charge is -2.12. The molecule has 1 aromatic heterocycles. The van der Waals surface area contributed by atoms with Crippen molar-refractivity contribution in [2.24, 2.45) is 4.99 Å². The van der Waals surface area contributed by atoms with E-state index >= 15 is 0 Å². The van der Waals surface area contributed by atoms with Gasteiger partial charge in [-0.05, 0) is 38.0 Å². The van der Waals surface area contributed by atoms with Gasteiger partial charge in [-0.25, -0.2) is 9.98 Å². The Balaban J connectivity index is 0.00000392. The van der Waals surface area contributed by atoms with Crippen molar-refractivity contribution >= 4 is 41.3 Å². The van der Waals surface area contributed by atoms with Crippen molar-refractivity contribution < 1.29 is 9.47 Å². The molecule has 0 aliphatic rings. The molecule has 0 unspecified atom stereocenters. The highest BCUT2D eigenvalue weighted by molar-refractivity contribution is 14.0. The average molecular weight is 518 g/mol. The topological polar surface area (TPSA) is 67.8 Å². The molecular formula is C20H31IN4O2S. The Bertz CT molecular complexity index is 692. The minimum absolute atomic E-state index is 0. The van der Waals surface area contributed by atoms with Crippen molar-refractivity contribution in [3.63, 3.8) is 0 Å². The summed E-state index contributed by atoms with van der Waals surface area (Å²) in [5.41, 5.74) is 1.14. The molecule has 0 bridgehead atoms. The summed E-state index contributed by atoms with van der Waals surface area (Å²) in [4.78, 5) is 10.4. The van der Waals surface area contributed by atoms with Crippen LogP contribution >= 0.6 is 35.3 Å². The van der Waals surface area contributed by atoms with Crippen molar-refractivity contribution in [1.29, 1.82) is 0 Å². The normalized spacial score (nSPS) is 11.0. The van der Waals surface area contributed by atoms with Crippen LogP contribution in [0.1, 0.15) is 28.8 Å². The van der Waals surface area contributed by atoms with E-state index in [1.54, 1.807) is 18.4 Å². The molecule has 0 saturated heterocycles. The van der Waals surface area contributed by atoms with Crippen molar-refractivity contribution in [3.8, 4) is 5.75 Å². The summed E-state index contributed by atoms with van der Waals surface area (Å²) in [6, 6.07) is 7.98. The van der Waals surface area contributed by atoms with E-state index in [9.17, 15) is 0 Å². The molecule has 0 fully saturated rings. The second kappa shape index (κ2) is 14.6. The average Bonchev–Trinajstić information content (AvgIpc) is 3.11. The van der Waals surface area contributed by atoms with E-state index in [0.717, 1.165) is 61.4 Å². The van der Waals surface area contributed by atoms with Crippen LogP contribution in [0.15, 0.2) is 35.5 Å². The molecule has 0 saturated carbocycles. The number of methoxy groups -OCH3 is 1. The lowest BCUT2D eigenvalue weighted by Crippen LogP contribution is -2.39. The Morgan fingerprint density at radius 3 is 2.57 bits per heavy atom. The molecule has 2 N–H and O–H groups in total. The zero-order chi connectivity index (χ0) is 19.3. The highest BCUT2D eigenvalue weighted by Gasteiger charge is 2.02. The quantitative estimate of drug-likeness (QED) is 0.205. The number of halogens is 1. The van der Waals surface area contributed by atoms with E-state index in [1.165, 1.54) is 4.88 Å². The highest BCUT2D eigenvalue weighted by atomic mass is 127. The third kappa shape index (κ3) is 9.70. The Morgan fingerprint density at radius 2 is 1.93 bits per heavy atom. The molecule has 2 aromatic rings. The summed E-state index contributed by atoms with van der Waals surface area (Å²) in [5, 5.41) is 7.93. The van der Waals surface area contributed by atoms with Gasteiger partial charge in [0.15, 0.2) is 5.96 Å². The first kappa shape index (κ1) is 24.6. The summed E-state index contributed by atoms with van der Waals surface area (Å²) < 4.78 is 10.6. The Morgan fingerprint density at radius 1 is 1.18 bits per heavy atom. The number of hydrogen-bond acceptors (Lipinski definition) is 5. The van der Waals surface area contributed by atoms with E-state index in [2.05, 4.69) is 22.5 Å². The predicted molar refractivity (Wildman–Crippen MR) is 127 cm³/mol. The lowest BCUT2D eigenvalue weighted by molar-refractivity contribution is 0.145. The van der Waals surface area contributed by atoms with Crippen molar-refractivity contribution in [2.75, 3.05) is 33.4 Å². The molecule has 2 rings (SSSR count). The minimum atomic E-state index is 0. The van der Waals surface area contributed by atoms with Gasteiger partial charge in [0.2, 0.25) is 0 Å². The number of nitrogens with zero attached hydrogens (tertiary/aromatic N) is 2. The van der Waals surface area contributed by atoms with Gasteiger partial charge in [-0.2, -0.15) is 0 Å². The number of ether oxygens (including phenoxy) is 2. The van der Waals surface area contributed by atoms with Gasteiger partial charge < -0.3 is 20.1 Å². The number of benzene rings is 1. The summed E-state index contributed by atoms with van der Waals surface area (Å²) in [6.07, 6.45) is 3.76. The molecule has 0 spiro atoms. The van der Waals surface area contributed by atoms with Crippen molar-refractivity contribution in [1.82, 2.24) is 15.6 Å². The molecule has 0 amide bonds. The fraction of sp³-hybridized carbons (Fsp3) is 0.500. The van der Waals surface area contributed by atoms with Crippen LogP contribution in [0.4, 0.5) is 0 Å². The molecule has 28 heavy (non-hydrogen) atoms. The smallest absolute Gasteiger partial charge is 0.191 e. The van der Waals surface area contributed by atoms with Gasteiger partial charge in [0.05, 0.1) is 18.7 Å². The third-order valence-corrected chi connectivity index (χ3v) is 4.81. The van der Waals surface area contributed by atoms with Gasteiger partial charge in [0, 0.05) is 43.8 Å². The number of nitrogens with one attached hydrogen (secondary N) is 2. The molecular weight excluding hydrogens is 487 g/mol. The number of rotatable bonds is 11. The molecule has 0 aliphatic heterocycles. The fourth-order valence-corrected chi connectivity index (χ4v) is 3.19. The van der Waals surface area contributed by atoms with Crippen LogP contribution in [0.5, 0.6) is 5.75 Å². The number of aromatic nitrogens is 1. The lowest BCUT2D eigenvalue weighted by atomic mass is 10.2. The van der Waals surface area contributed by atoms with Crippen LogP contribution in [0.3, 0.4) is 0 Å². The van der Waals surface area contributed by atoms with E-state index < -0.39 is 0 Å². The van der Waals surface area contributed by atoms with Gasteiger partial charge in [-0.1, -0.05) is 12.1 Å². The Hall–Kier alpha value is -1.39. The molecule has 1 heterocycles. The summed E-state index contributed by atoms with van der Waals surface area (Å²) in [5.74, 6) is 1.67. The zero-order valence-corrected chi connectivity index (χ0v) is 20.0. The van der Waals surface area contributed by atoms with Crippen LogP contribution in [0, 0.1) is 6.92 Å². The molecule has 0 atom stereocenters. The maximum atomic E-state index is 5.39. The molecule has 156 valence electrons. The number of thiazole rings is 1. The molecule has 1 aromatic carbocycles. The van der Waals surface area contributed by atoms with Crippen LogP contribution in [-0.2, 0) is 17.7 Å². The monoisotopic (exact) mass is 518 g/mol. The van der Waals surface area contributed by atoms with Gasteiger partial charge in [-0.15, -0.1) is 35.3 Å². The predicted octanol–water partition coefficient (Wildman–Crippen LogP) is 3.78. The van der Waals surface area contributed by atoms with Crippen LogP contribution in [0.2, 0.25) is 0 Å². The largest absolute Gasteiger partial charge is 0.497 e. The van der Waals surface area contributed by atoms with Gasteiger partial charge in [-0.3, -0.25) is 0 Å². The van der Waals surface area contributed by atoms with Crippen LogP contribution < -0.4 is 15.4 Å². The van der Waals surface area contributed by atoms with Crippen molar-refractivity contribution in [2.45, 2.75) is 33.2 Å². The first-order chi connectivity index (χ1) is 13.2. The van der Waals surface area contributed by atoms with Gasteiger partial charge in [0.25, 0.3) is 0 Å². The summed E-state index contributed by atoms with van der Waals surface area (Å²) in [7, 11) is 1.67. The van der Waals surface area contributed by atoms with Crippen LogP contribution in [-0.4, -0.2) is 44.4 Å². The Kier molecular flexibility index (Phi) is 12.8. The SMILES string of the molecule is CCOCCCNC(=NCc1ccc(OC)cc1)NCCc1ncc(C)s1.I. The van der Waals surface area contributed by atoms with Crippen molar-refractivity contribution in [3.05, 3.63) is 45.9 Å². The maximum Gasteiger partial charge on any atom is 0.191 e. The third-order valence-electron chi connectivity index (χ3n) is 3.84. The zero-order valence-electron chi connectivity index (χ0n) is 16.9. The van der Waals surface area contributed by atoms with E-state index in [0.29, 0.717) is 6.54 Å². The van der Waals surface area contributed by atoms with Gasteiger partial charge in [0.1, 0.15) is 5.75 Å². The summed E-state index contributed by atoms with van der Waals surface area (Å²) >= 11 is 1.74. The molecule has 0 aliphatic carbocycles. The number of aliphatic imine (C=N–C) groups is 1. The molecule has 0 radical (unpaired) electrons. The van der Waals surface area contributed by atoms with E-state index in [-0.39, 0.29) is 24.0 Å². The number of hydrogen-bond donors (Lipinski definition) is 2. The first-order valence-electron chi connectivity index (χ1n) is 9.35. The number of guanidine groups is 1. The van der Waals surface area contributed by atoms with E-state index in [1.807, 2.05) is 37.4 Å². The second-order valence-corrected chi connectivity index (χ2v) is 7.35. The first-order valence-corrected chi connectivity index (χ1v) is 10.2. The minimum Gasteiger partial charge on any atom is -0.497 e. The Labute approximate surface area is 189 Å². The van der Waals surface area contributed by atoms with Gasteiger partial charge >= 0.3 is 0 Å². The van der Waals surface area contributed by atoms with Crippen LogP contribution in [0.25, 0.3) is 0 Å². The number of aryl methyl sites for hydroxylation is 1. The van der Waals surface area contributed by atoms with E-state index in [4.69, 9.17) is 14.5 Å². The molecule has 8 heteroatoms. The summed E-state index contributed by atoms with van der Waals surface area (Å²) in [6.45, 7) is 7.84. The highest BCUT2D eigenvalue weighted by Crippen LogP contribution is 2.12. The fourth-order valence-electron chi connectivity index (χ4n) is 2.41. The maximum absolute atomic E-state index is 5.39.